The van der Waals surface area contributed by atoms with Crippen LogP contribution in [-0.2, 0) is 12.8 Å². The lowest BCUT2D eigenvalue weighted by Gasteiger charge is -2.16. The summed E-state index contributed by atoms with van der Waals surface area (Å²) in [5.41, 5.74) is 6.37. The highest BCUT2D eigenvalue weighted by Crippen LogP contribution is 2.18. The van der Waals surface area contributed by atoms with Crippen molar-refractivity contribution in [3.63, 3.8) is 0 Å². The minimum Gasteiger partial charge on any atom is -0.271 e. The van der Waals surface area contributed by atoms with Gasteiger partial charge in [0.15, 0.2) is 0 Å². The molecule has 3 N–H and O–H groups in total. The van der Waals surface area contributed by atoms with Crippen molar-refractivity contribution in [3.05, 3.63) is 69.4 Å². The van der Waals surface area contributed by atoms with Crippen LogP contribution < -0.4 is 11.3 Å². The minimum absolute atomic E-state index is 0.120. The molecular weight excluding hydrogens is 319 g/mol. The first-order valence-electron chi connectivity index (χ1n) is 6.54. The second-order valence-corrected chi connectivity index (χ2v) is 5.86. The molecule has 2 aromatic carbocycles. The number of benzene rings is 2. The maximum Gasteiger partial charge on any atom is 0.137 e. The lowest BCUT2D eigenvalue weighted by atomic mass is 9.99. The van der Waals surface area contributed by atoms with E-state index >= 15 is 0 Å². The third kappa shape index (κ3) is 4.13. The molecule has 0 saturated carbocycles. The molecule has 1 unspecified atom stereocenters. The average molecular weight is 337 g/mol. The highest BCUT2D eigenvalue weighted by atomic mass is 79.9. The van der Waals surface area contributed by atoms with Crippen molar-refractivity contribution in [1.82, 2.24) is 5.43 Å². The molecular formula is C16H18BrFN2. The fourth-order valence-electron chi connectivity index (χ4n) is 2.15. The van der Waals surface area contributed by atoms with Gasteiger partial charge in [-0.2, -0.15) is 0 Å². The van der Waals surface area contributed by atoms with Crippen LogP contribution in [0.4, 0.5) is 4.39 Å². The molecule has 20 heavy (non-hydrogen) atoms. The van der Waals surface area contributed by atoms with Crippen LogP contribution in [0.3, 0.4) is 0 Å². The Morgan fingerprint density at radius 2 is 1.70 bits per heavy atom. The minimum atomic E-state index is -0.246. The molecule has 1 atom stereocenters. The second kappa shape index (κ2) is 6.97. The molecule has 0 fully saturated rings. The number of hydrogen-bond donors (Lipinski definition) is 2. The lowest BCUT2D eigenvalue weighted by molar-refractivity contribution is 0.521. The Balaban J connectivity index is 2.04. The zero-order valence-corrected chi connectivity index (χ0v) is 13.0. The molecule has 2 nitrogen and oxygen atoms in total. The summed E-state index contributed by atoms with van der Waals surface area (Å²) in [5.74, 6) is 5.38. The van der Waals surface area contributed by atoms with Crippen molar-refractivity contribution in [1.29, 1.82) is 0 Å². The molecule has 2 aromatic rings. The largest absolute Gasteiger partial charge is 0.271 e. The third-order valence-electron chi connectivity index (χ3n) is 3.30. The smallest absolute Gasteiger partial charge is 0.137 e. The maximum absolute atomic E-state index is 13.2. The van der Waals surface area contributed by atoms with E-state index in [4.69, 9.17) is 5.84 Å². The summed E-state index contributed by atoms with van der Waals surface area (Å²) >= 11 is 3.21. The summed E-state index contributed by atoms with van der Waals surface area (Å²) < 4.78 is 13.7. The molecule has 0 radical (unpaired) electrons. The quantitative estimate of drug-likeness (QED) is 0.647. The number of nitrogens with one attached hydrogen (secondary N) is 1. The summed E-state index contributed by atoms with van der Waals surface area (Å²) in [7, 11) is 0. The van der Waals surface area contributed by atoms with Gasteiger partial charge in [-0.1, -0.05) is 35.9 Å². The molecule has 0 heterocycles. The van der Waals surface area contributed by atoms with Crippen molar-refractivity contribution in [2.75, 3.05) is 0 Å². The van der Waals surface area contributed by atoms with E-state index in [0.717, 1.165) is 18.4 Å². The number of halogens is 2. The van der Waals surface area contributed by atoms with E-state index in [9.17, 15) is 4.39 Å². The summed E-state index contributed by atoms with van der Waals surface area (Å²) in [6.07, 6.45) is 1.59. The monoisotopic (exact) mass is 336 g/mol. The van der Waals surface area contributed by atoms with E-state index in [1.54, 1.807) is 12.1 Å². The first-order valence-corrected chi connectivity index (χ1v) is 7.33. The van der Waals surface area contributed by atoms with E-state index in [2.05, 4.69) is 52.5 Å². The highest BCUT2D eigenvalue weighted by Gasteiger charge is 2.10. The van der Waals surface area contributed by atoms with Crippen LogP contribution in [0, 0.1) is 12.7 Å². The summed E-state index contributed by atoms with van der Waals surface area (Å²) in [6.45, 7) is 2.07. The van der Waals surface area contributed by atoms with Gasteiger partial charge in [0, 0.05) is 6.04 Å². The predicted octanol–water partition coefficient (Wildman–Crippen LogP) is 3.51. The van der Waals surface area contributed by atoms with Gasteiger partial charge < -0.3 is 0 Å². The van der Waals surface area contributed by atoms with Gasteiger partial charge in [-0.3, -0.25) is 11.3 Å². The van der Waals surface area contributed by atoms with Crippen molar-refractivity contribution >= 4 is 15.9 Å². The van der Waals surface area contributed by atoms with Gasteiger partial charge in [-0.15, -0.1) is 0 Å². The second-order valence-electron chi connectivity index (χ2n) is 5.01. The number of aryl methyl sites for hydroxylation is 1. The molecule has 0 bridgehead atoms. The van der Waals surface area contributed by atoms with Gasteiger partial charge in [0.1, 0.15) is 5.82 Å². The molecule has 0 spiro atoms. The summed E-state index contributed by atoms with van der Waals surface area (Å²) in [5, 5.41) is 0. The maximum atomic E-state index is 13.2. The normalized spacial score (nSPS) is 12.4. The van der Waals surface area contributed by atoms with Gasteiger partial charge in [0.2, 0.25) is 0 Å². The van der Waals surface area contributed by atoms with Crippen molar-refractivity contribution < 1.29 is 4.39 Å². The Bertz CT molecular complexity index is 569. The number of rotatable bonds is 5. The fraction of sp³-hybridized carbons (Fsp3) is 0.250. The van der Waals surface area contributed by atoms with Crippen LogP contribution in [0.1, 0.15) is 16.7 Å². The van der Waals surface area contributed by atoms with Crippen LogP contribution >= 0.6 is 15.9 Å². The molecule has 0 aliphatic carbocycles. The van der Waals surface area contributed by atoms with E-state index < -0.39 is 0 Å². The first-order chi connectivity index (χ1) is 9.58. The van der Waals surface area contributed by atoms with E-state index in [1.807, 2.05) is 0 Å². The molecule has 4 heteroatoms. The Labute approximate surface area is 127 Å². The van der Waals surface area contributed by atoms with E-state index in [1.165, 1.54) is 17.2 Å². The zero-order chi connectivity index (χ0) is 14.5. The lowest BCUT2D eigenvalue weighted by Crippen LogP contribution is -2.38. The molecule has 2 rings (SSSR count). The van der Waals surface area contributed by atoms with Crippen LogP contribution in [0.15, 0.2) is 46.9 Å². The molecule has 0 aliphatic rings. The Kier molecular flexibility index (Phi) is 5.29. The standard InChI is InChI=1S/C16H18BrFN2/c1-11-2-4-12(5-3-11)8-14(20-19)9-13-6-7-16(18)15(17)10-13/h2-7,10,14,20H,8-9,19H2,1H3. The molecule has 0 aromatic heterocycles. The summed E-state index contributed by atoms with van der Waals surface area (Å²) in [4.78, 5) is 0. The average Bonchev–Trinajstić information content (AvgIpc) is 2.44. The zero-order valence-electron chi connectivity index (χ0n) is 11.4. The van der Waals surface area contributed by atoms with Gasteiger partial charge in [0.25, 0.3) is 0 Å². The Hall–Kier alpha value is -1.23. The van der Waals surface area contributed by atoms with Crippen LogP contribution in [0.25, 0.3) is 0 Å². The molecule has 106 valence electrons. The van der Waals surface area contributed by atoms with Crippen molar-refractivity contribution in [2.45, 2.75) is 25.8 Å². The Morgan fingerprint density at radius 3 is 2.30 bits per heavy atom. The number of hydrogen-bond acceptors (Lipinski definition) is 2. The number of nitrogens with two attached hydrogens (primary N) is 1. The Morgan fingerprint density at radius 1 is 1.10 bits per heavy atom. The highest BCUT2D eigenvalue weighted by molar-refractivity contribution is 9.10. The summed E-state index contributed by atoms with van der Waals surface area (Å²) in [6, 6.07) is 13.6. The SMILES string of the molecule is Cc1ccc(CC(Cc2ccc(F)c(Br)c2)NN)cc1. The van der Waals surface area contributed by atoms with Gasteiger partial charge in [-0.25, -0.2) is 4.39 Å². The first kappa shape index (κ1) is 15.2. The van der Waals surface area contributed by atoms with Crippen LogP contribution in [-0.4, -0.2) is 6.04 Å². The molecule has 0 aliphatic heterocycles. The van der Waals surface area contributed by atoms with E-state index in [0.29, 0.717) is 4.47 Å². The molecule has 0 amide bonds. The van der Waals surface area contributed by atoms with Crippen LogP contribution in [0.2, 0.25) is 0 Å². The topological polar surface area (TPSA) is 38.0 Å². The third-order valence-corrected chi connectivity index (χ3v) is 3.91. The van der Waals surface area contributed by atoms with Crippen molar-refractivity contribution in [3.8, 4) is 0 Å². The molecule has 0 saturated heterocycles. The van der Waals surface area contributed by atoms with E-state index in [-0.39, 0.29) is 11.9 Å². The van der Waals surface area contributed by atoms with Gasteiger partial charge in [0.05, 0.1) is 4.47 Å². The fourth-order valence-corrected chi connectivity index (χ4v) is 2.58. The van der Waals surface area contributed by atoms with Crippen molar-refractivity contribution in [2.24, 2.45) is 5.84 Å². The number of hydrazine groups is 1. The van der Waals surface area contributed by atoms with Crippen LogP contribution in [0.5, 0.6) is 0 Å². The van der Waals surface area contributed by atoms with Gasteiger partial charge in [-0.05, 0) is 59.0 Å². The predicted molar refractivity (Wildman–Crippen MR) is 83.8 cm³/mol. The van der Waals surface area contributed by atoms with Gasteiger partial charge >= 0.3 is 0 Å².